The van der Waals surface area contributed by atoms with Crippen molar-refractivity contribution in [2.45, 2.75) is 6.04 Å². The molecule has 1 N–H and O–H groups in total. The van der Waals surface area contributed by atoms with E-state index in [1.807, 2.05) is 0 Å². The monoisotopic (exact) mass is 373 g/mol. The van der Waals surface area contributed by atoms with E-state index in [1.54, 1.807) is 60.4 Å². The van der Waals surface area contributed by atoms with Gasteiger partial charge in [-0.3, -0.25) is 4.79 Å². The Morgan fingerprint density at radius 1 is 1.31 bits per heavy atom. The molecule has 3 aromatic rings. The third kappa shape index (κ3) is 4.21. The van der Waals surface area contributed by atoms with Crippen molar-refractivity contribution >= 4 is 17.5 Å². The molecule has 1 amide bonds. The molecule has 5 nitrogen and oxygen atoms in total. The fourth-order valence-corrected chi connectivity index (χ4v) is 2.74. The summed E-state index contributed by atoms with van der Waals surface area (Å²) in [7, 11) is 1.81. The summed E-state index contributed by atoms with van der Waals surface area (Å²) in [5, 5.41) is 3.26. The molecule has 1 unspecified atom stereocenters. The van der Waals surface area contributed by atoms with Crippen LogP contribution in [0.4, 0.5) is 4.39 Å². The summed E-state index contributed by atoms with van der Waals surface area (Å²) < 4.78 is 20.9. The fourth-order valence-electron chi connectivity index (χ4n) is 2.55. The number of ether oxygens (including phenoxy) is 1. The molecule has 0 saturated heterocycles. The normalized spacial score (nSPS) is 11.8. The van der Waals surface area contributed by atoms with Gasteiger partial charge >= 0.3 is 0 Å². The highest BCUT2D eigenvalue weighted by molar-refractivity contribution is 6.32. The number of hydrogen-bond donors (Lipinski definition) is 1. The molecule has 0 spiro atoms. The van der Waals surface area contributed by atoms with Crippen molar-refractivity contribution in [2.75, 3.05) is 6.61 Å². The van der Waals surface area contributed by atoms with Crippen molar-refractivity contribution in [2.24, 2.45) is 7.05 Å². The Kier molecular flexibility index (Phi) is 5.53. The Labute approximate surface area is 155 Å². The Morgan fingerprint density at radius 3 is 2.81 bits per heavy atom. The Bertz CT molecular complexity index is 913. The highest BCUT2D eigenvalue weighted by Gasteiger charge is 2.21. The maximum atomic E-state index is 13.6. The zero-order valence-corrected chi connectivity index (χ0v) is 14.8. The molecule has 2 aromatic carbocycles. The number of carbonyl (C=O) groups is 1. The van der Waals surface area contributed by atoms with Gasteiger partial charge in [0.2, 0.25) is 0 Å². The third-order valence-electron chi connectivity index (χ3n) is 3.80. The lowest BCUT2D eigenvalue weighted by molar-refractivity contribution is -0.123. The number of benzene rings is 2. The molecule has 0 saturated carbocycles. The lowest BCUT2D eigenvalue weighted by atomic mass is 10.1. The van der Waals surface area contributed by atoms with E-state index in [0.29, 0.717) is 22.2 Å². The first-order valence-corrected chi connectivity index (χ1v) is 8.32. The predicted molar refractivity (Wildman–Crippen MR) is 96.5 cm³/mol. The van der Waals surface area contributed by atoms with E-state index >= 15 is 0 Å². The minimum atomic E-state index is -0.604. The quantitative estimate of drug-likeness (QED) is 0.719. The van der Waals surface area contributed by atoms with Crippen molar-refractivity contribution in [1.29, 1.82) is 0 Å². The summed E-state index contributed by atoms with van der Waals surface area (Å²) in [4.78, 5) is 16.7. The molecule has 1 heterocycles. The van der Waals surface area contributed by atoms with Crippen molar-refractivity contribution in [3.05, 3.63) is 83.2 Å². The van der Waals surface area contributed by atoms with Crippen molar-refractivity contribution in [1.82, 2.24) is 14.9 Å². The van der Waals surface area contributed by atoms with Crippen LogP contribution in [-0.4, -0.2) is 22.1 Å². The van der Waals surface area contributed by atoms with Gasteiger partial charge in [-0.2, -0.15) is 0 Å². The van der Waals surface area contributed by atoms with E-state index in [9.17, 15) is 9.18 Å². The molecule has 0 bridgehead atoms. The third-order valence-corrected chi connectivity index (χ3v) is 4.11. The Balaban J connectivity index is 1.76. The minimum Gasteiger partial charge on any atom is -0.482 e. The number of aryl methyl sites for hydroxylation is 1. The molecular formula is C19H17ClFN3O2. The SMILES string of the molecule is Cn1ccnc1C(NC(=O)COc1ccccc1Cl)c1cccc(F)c1. The first-order chi connectivity index (χ1) is 12.5. The molecular weight excluding hydrogens is 357 g/mol. The maximum absolute atomic E-state index is 13.6. The highest BCUT2D eigenvalue weighted by Crippen LogP contribution is 2.24. The highest BCUT2D eigenvalue weighted by atomic mass is 35.5. The van der Waals surface area contributed by atoms with Crippen LogP contribution in [0.25, 0.3) is 0 Å². The van der Waals surface area contributed by atoms with Gasteiger partial charge < -0.3 is 14.6 Å². The molecule has 0 aliphatic rings. The summed E-state index contributed by atoms with van der Waals surface area (Å²) in [6, 6.07) is 12.3. The molecule has 0 fully saturated rings. The van der Waals surface area contributed by atoms with Gasteiger partial charge in [-0.1, -0.05) is 35.9 Å². The van der Waals surface area contributed by atoms with E-state index in [1.165, 1.54) is 12.1 Å². The Morgan fingerprint density at radius 2 is 2.12 bits per heavy atom. The number of imidazole rings is 1. The molecule has 1 aromatic heterocycles. The van der Waals surface area contributed by atoms with Crippen LogP contribution in [0.5, 0.6) is 5.75 Å². The smallest absolute Gasteiger partial charge is 0.258 e. The first kappa shape index (κ1) is 17.9. The zero-order chi connectivity index (χ0) is 18.5. The lowest BCUT2D eigenvalue weighted by Gasteiger charge is -2.19. The minimum absolute atomic E-state index is 0.222. The number of carbonyl (C=O) groups excluding carboxylic acids is 1. The maximum Gasteiger partial charge on any atom is 0.258 e. The number of amides is 1. The van der Waals surface area contributed by atoms with Crippen LogP contribution >= 0.6 is 11.6 Å². The summed E-state index contributed by atoms with van der Waals surface area (Å²) in [5.74, 6) is 0.246. The van der Waals surface area contributed by atoms with Crippen molar-refractivity contribution in [3.63, 3.8) is 0 Å². The van der Waals surface area contributed by atoms with E-state index < -0.39 is 6.04 Å². The van der Waals surface area contributed by atoms with E-state index in [-0.39, 0.29) is 18.3 Å². The van der Waals surface area contributed by atoms with E-state index in [4.69, 9.17) is 16.3 Å². The fraction of sp³-hybridized carbons (Fsp3) is 0.158. The lowest BCUT2D eigenvalue weighted by Crippen LogP contribution is -2.34. The van der Waals surface area contributed by atoms with Crippen LogP contribution in [0.2, 0.25) is 5.02 Å². The zero-order valence-electron chi connectivity index (χ0n) is 14.0. The van der Waals surface area contributed by atoms with Gasteiger partial charge in [0.1, 0.15) is 23.4 Å². The van der Waals surface area contributed by atoms with Gasteiger partial charge in [-0.15, -0.1) is 0 Å². The number of nitrogens with one attached hydrogen (secondary N) is 1. The van der Waals surface area contributed by atoms with Gasteiger partial charge in [0.15, 0.2) is 6.61 Å². The largest absolute Gasteiger partial charge is 0.482 e. The topological polar surface area (TPSA) is 56.2 Å². The number of hydrogen-bond acceptors (Lipinski definition) is 3. The second-order valence-corrected chi connectivity index (χ2v) is 6.08. The number of aromatic nitrogens is 2. The molecule has 3 rings (SSSR count). The molecule has 134 valence electrons. The number of para-hydroxylation sites is 1. The van der Waals surface area contributed by atoms with E-state index in [2.05, 4.69) is 10.3 Å². The second-order valence-electron chi connectivity index (χ2n) is 5.67. The molecule has 0 radical (unpaired) electrons. The summed E-state index contributed by atoms with van der Waals surface area (Å²) in [6.07, 6.45) is 3.38. The average molecular weight is 374 g/mol. The molecule has 7 heteroatoms. The number of rotatable bonds is 6. The molecule has 0 aliphatic heterocycles. The summed E-state index contributed by atoms with van der Waals surface area (Å²) in [6.45, 7) is -0.222. The standard InChI is InChI=1S/C19H17ClFN3O2/c1-24-10-9-22-19(24)18(13-5-4-6-14(21)11-13)23-17(25)12-26-16-8-3-2-7-15(16)20/h2-11,18H,12H2,1H3,(H,23,25). The van der Waals surface area contributed by atoms with Gasteiger partial charge in [0.05, 0.1) is 5.02 Å². The predicted octanol–water partition coefficient (Wildman–Crippen LogP) is 3.50. The van der Waals surface area contributed by atoms with Crippen LogP contribution in [-0.2, 0) is 11.8 Å². The van der Waals surface area contributed by atoms with Gasteiger partial charge in [0, 0.05) is 19.4 Å². The van der Waals surface area contributed by atoms with E-state index in [0.717, 1.165) is 0 Å². The average Bonchev–Trinajstić information content (AvgIpc) is 3.05. The van der Waals surface area contributed by atoms with Crippen molar-refractivity contribution < 1.29 is 13.9 Å². The first-order valence-electron chi connectivity index (χ1n) is 7.94. The van der Waals surface area contributed by atoms with Gasteiger partial charge in [0.25, 0.3) is 5.91 Å². The summed E-state index contributed by atoms with van der Waals surface area (Å²) >= 11 is 6.02. The second kappa shape index (κ2) is 8.01. The van der Waals surface area contributed by atoms with Crippen LogP contribution < -0.4 is 10.1 Å². The Hall–Kier alpha value is -2.86. The van der Waals surface area contributed by atoms with Crippen LogP contribution in [0, 0.1) is 5.82 Å². The van der Waals surface area contributed by atoms with Crippen LogP contribution in [0.1, 0.15) is 17.4 Å². The summed E-state index contributed by atoms with van der Waals surface area (Å²) in [5.41, 5.74) is 0.588. The molecule has 1 atom stereocenters. The van der Waals surface area contributed by atoms with Gasteiger partial charge in [-0.05, 0) is 29.8 Å². The van der Waals surface area contributed by atoms with Crippen molar-refractivity contribution in [3.8, 4) is 5.75 Å². The number of halogens is 2. The molecule has 0 aliphatic carbocycles. The van der Waals surface area contributed by atoms with Gasteiger partial charge in [-0.25, -0.2) is 9.37 Å². The van der Waals surface area contributed by atoms with Crippen LogP contribution in [0.15, 0.2) is 60.9 Å². The number of nitrogens with zero attached hydrogens (tertiary/aromatic N) is 2. The molecule has 26 heavy (non-hydrogen) atoms. The van der Waals surface area contributed by atoms with Crippen LogP contribution in [0.3, 0.4) is 0 Å².